The molecule has 0 spiro atoms. The van der Waals surface area contributed by atoms with Gasteiger partial charge in [0.05, 0.1) is 17.3 Å². The van der Waals surface area contributed by atoms with Crippen LogP contribution in [0.1, 0.15) is 31.0 Å². The Hall–Kier alpha value is -2.66. The van der Waals surface area contributed by atoms with E-state index in [1.807, 2.05) is 16.7 Å². The van der Waals surface area contributed by atoms with Crippen molar-refractivity contribution in [3.8, 4) is 0 Å². The number of anilines is 2. The predicted molar refractivity (Wildman–Crippen MR) is 124 cm³/mol. The summed E-state index contributed by atoms with van der Waals surface area (Å²) in [5.41, 5.74) is 1.48. The van der Waals surface area contributed by atoms with Crippen LogP contribution in [-0.4, -0.2) is 58.8 Å². The van der Waals surface area contributed by atoms with Crippen LogP contribution >= 0.6 is 11.8 Å². The van der Waals surface area contributed by atoms with Gasteiger partial charge in [-0.1, -0.05) is 17.8 Å². The second-order valence-corrected chi connectivity index (χ2v) is 11.0. The average Bonchev–Trinajstić information content (AvgIpc) is 3.46. The van der Waals surface area contributed by atoms with Gasteiger partial charge in [0, 0.05) is 36.8 Å². The number of allylic oxidation sites excluding steroid dienone is 1. The molecule has 0 bridgehead atoms. The molecule has 9 nitrogen and oxygen atoms in total. The van der Waals surface area contributed by atoms with Crippen molar-refractivity contribution in [2.24, 2.45) is 0 Å². The standard InChI is InChI=1S/C21H25N5O4S2/c1-2-10-26-20(15-9-12-32(29,30)14-15)23-24-21(26)31-13-18(27)22-16-5-7-17(8-6-16)25-11-3-4-19(25)28/h2,5-8,15H,1,3-4,9-14H2,(H,22,27). The molecule has 1 unspecified atom stereocenters. The first-order chi connectivity index (χ1) is 15.4. The number of carbonyl (C=O) groups excluding carboxylic acids is 2. The number of aromatic nitrogens is 3. The van der Waals surface area contributed by atoms with Crippen LogP contribution in [0, 0.1) is 0 Å². The van der Waals surface area contributed by atoms with Gasteiger partial charge in [0.2, 0.25) is 11.8 Å². The number of thioether (sulfide) groups is 1. The highest BCUT2D eigenvalue weighted by Crippen LogP contribution is 2.30. The zero-order chi connectivity index (χ0) is 22.7. The van der Waals surface area contributed by atoms with Crippen molar-refractivity contribution < 1.29 is 18.0 Å². The molecule has 32 heavy (non-hydrogen) atoms. The molecule has 11 heteroatoms. The molecular formula is C21H25N5O4S2. The number of hydrogen-bond acceptors (Lipinski definition) is 7. The lowest BCUT2D eigenvalue weighted by Crippen LogP contribution is -2.23. The van der Waals surface area contributed by atoms with Crippen molar-refractivity contribution >= 4 is 44.8 Å². The largest absolute Gasteiger partial charge is 0.325 e. The van der Waals surface area contributed by atoms with Gasteiger partial charge in [-0.2, -0.15) is 0 Å². The van der Waals surface area contributed by atoms with Crippen molar-refractivity contribution in [3.05, 3.63) is 42.7 Å². The van der Waals surface area contributed by atoms with E-state index in [2.05, 4.69) is 22.1 Å². The number of nitrogens with zero attached hydrogens (tertiary/aromatic N) is 4. The summed E-state index contributed by atoms with van der Waals surface area (Å²) in [6.07, 6.45) is 3.67. The molecule has 0 radical (unpaired) electrons. The van der Waals surface area contributed by atoms with Crippen LogP contribution in [0.3, 0.4) is 0 Å². The van der Waals surface area contributed by atoms with Gasteiger partial charge < -0.3 is 14.8 Å². The molecule has 0 saturated carbocycles. The number of benzene rings is 1. The molecule has 1 aromatic heterocycles. The van der Waals surface area contributed by atoms with Gasteiger partial charge in [-0.3, -0.25) is 9.59 Å². The molecule has 170 valence electrons. The predicted octanol–water partition coefficient (Wildman–Crippen LogP) is 2.22. The van der Waals surface area contributed by atoms with E-state index in [4.69, 9.17) is 0 Å². The van der Waals surface area contributed by atoms with Gasteiger partial charge in [-0.15, -0.1) is 16.8 Å². The highest BCUT2D eigenvalue weighted by molar-refractivity contribution is 7.99. The van der Waals surface area contributed by atoms with Crippen molar-refractivity contribution in [1.29, 1.82) is 0 Å². The van der Waals surface area contributed by atoms with Gasteiger partial charge in [-0.05, 0) is 37.1 Å². The summed E-state index contributed by atoms with van der Waals surface area (Å²) in [5, 5.41) is 11.8. The van der Waals surface area contributed by atoms with E-state index in [0.717, 1.165) is 18.7 Å². The van der Waals surface area contributed by atoms with E-state index in [1.54, 1.807) is 23.1 Å². The Balaban J connectivity index is 1.36. The van der Waals surface area contributed by atoms with Crippen LogP contribution in [0.2, 0.25) is 0 Å². The molecule has 2 saturated heterocycles. The number of nitrogens with one attached hydrogen (secondary N) is 1. The quantitative estimate of drug-likeness (QED) is 0.460. The SMILES string of the molecule is C=CCn1c(SCC(=O)Nc2ccc(N3CCCC3=O)cc2)nnc1C1CCS(=O)(=O)C1. The molecule has 3 heterocycles. The summed E-state index contributed by atoms with van der Waals surface area (Å²) in [5.74, 6) is 0.734. The van der Waals surface area contributed by atoms with Crippen LogP contribution in [0.25, 0.3) is 0 Å². The first-order valence-corrected chi connectivity index (χ1v) is 13.2. The maximum atomic E-state index is 12.4. The Kier molecular flexibility index (Phi) is 6.66. The monoisotopic (exact) mass is 475 g/mol. The highest BCUT2D eigenvalue weighted by Gasteiger charge is 2.33. The smallest absolute Gasteiger partial charge is 0.234 e. The minimum Gasteiger partial charge on any atom is -0.325 e. The maximum Gasteiger partial charge on any atom is 0.234 e. The van der Waals surface area contributed by atoms with Crippen LogP contribution < -0.4 is 10.2 Å². The lowest BCUT2D eigenvalue weighted by molar-refractivity contribution is -0.117. The average molecular weight is 476 g/mol. The Morgan fingerprint density at radius 1 is 1.28 bits per heavy atom. The number of amides is 2. The Morgan fingerprint density at radius 2 is 2.06 bits per heavy atom. The summed E-state index contributed by atoms with van der Waals surface area (Å²) in [4.78, 5) is 26.0. The molecule has 2 aliphatic rings. The normalized spacial score (nSPS) is 19.9. The van der Waals surface area contributed by atoms with E-state index in [9.17, 15) is 18.0 Å². The molecule has 1 N–H and O–H groups in total. The maximum absolute atomic E-state index is 12.4. The van der Waals surface area contributed by atoms with Gasteiger partial charge in [-0.25, -0.2) is 8.42 Å². The second-order valence-electron chi connectivity index (χ2n) is 7.87. The number of hydrogen-bond donors (Lipinski definition) is 1. The minimum atomic E-state index is -3.04. The fourth-order valence-electron chi connectivity index (χ4n) is 3.98. The Morgan fingerprint density at radius 3 is 2.69 bits per heavy atom. The van der Waals surface area contributed by atoms with E-state index < -0.39 is 9.84 Å². The lowest BCUT2D eigenvalue weighted by Gasteiger charge is -2.16. The molecule has 1 atom stereocenters. The summed E-state index contributed by atoms with van der Waals surface area (Å²) < 4.78 is 25.5. The van der Waals surface area contributed by atoms with Gasteiger partial charge >= 0.3 is 0 Å². The van der Waals surface area contributed by atoms with Crippen molar-refractivity contribution in [2.45, 2.75) is 36.9 Å². The molecule has 2 aliphatic heterocycles. The van der Waals surface area contributed by atoms with Crippen LogP contribution in [0.5, 0.6) is 0 Å². The van der Waals surface area contributed by atoms with Crippen molar-refractivity contribution in [2.75, 3.05) is 34.0 Å². The third-order valence-corrected chi connectivity index (χ3v) is 8.26. The number of carbonyl (C=O) groups is 2. The molecule has 2 fully saturated rings. The van der Waals surface area contributed by atoms with Crippen LogP contribution in [0.15, 0.2) is 42.1 Å². The van der Waals surface area contributed by atoms with Crippen LogP contribution in [-0.2, 0) is 26.0 Å². The third-order valence-electron chi connectivity index (χ3n) is 5.52. The summed E-state index contributed by atoms with van der Waals surface area (Å²) in [6.45, 7) is 4.92. The molecule has 0 aliphatic carbocycles. The molecule has 2 amide bonds. The Labute approximate surface area is 191 Å². The zero-order valence-corrected chi connectivity index (χ0v) is 19.2. The first-order valence-electron chi connectivity index (χ1n) is 10.4. The van der Waals surface area contributed by atoms with E-state index in [1.165, 1.54) is 11.8 Å². The first kappa shape index (κ1) is 22.5. The number of sulfone groups is 1. The minimum absolute atomic E-state index is 0.0758. The van der Waals surface area contributed by atoms with E-state index in [0.29, 0.717) is 36.1 Å². The molecule has 4 rings (SSSR count). The number of rotatable bonds is 8. The molecule has 2 aromatic rings. The third kappa shape index (κ3) is 5.04. The van der Waals surface area contributed by atoms with Crippen LogP contribution in [0.4, 0.5) is 11.4 Å². The van der Waals surface area contributed by atoms with Gasteiger partial charge in [0.25, 0.3) is 0 Å². The second kappa shape index (κ2) is 9.45. The lowest BCUT2D eigenvalue weighted by atomic mass is 10.1. The molecule has 1 aromatic carbocycles. The van der Waals surface area contributed by atoms with Gasteiger partial charge in [0.15, 0.2) is 15.0 Å². The summed E-state index contributed by atoms with van der Waals surface area (Å²) in [7, 11) is -3.04. The van der Waals surface area contributed by atoms with Crippen molar-refractivity contribution in [3.63, 3.8) is 0 Å². The highest BCUT2D eigenvalue weighted by atomic mass is 32.2. The van der Waals surface area contributed by atoms with E-state index in [-0.39, 0.29) is 35.0 Å². The topological polar surface area (TPSA) is 114 Å². The van der Waals surface area contributed by atoms with Crippen molar-refractivity contribution in [1.82, 2.24) is 14.8 Å². The summed E-state index contributed by atoms with van der Waals surface area (Å²) >= 11 is 1.24. The fraction of sp³-hybridized carbons (Fsp3) is 0.429. The molecular weight excluding hydrogens is 450 g/mol. The summed E-state index contributed by atoms with van der Waals surface area (Å²) in [6, 6.07) is 7.22. The van der Waals surface area contributed by atoms with E-state index >= 15 is 0 Å². The zero-order valence-electron chi connectivity index (χ0n) is 17.6. The van der Waals surface area contributed by atoms with Gasteiger partial charge in [0.1, 0.15) is 5.82 Å². The fourth-order valence-corrected chi connectivity index (χ4v) is 6.48. The Bertz CT molecular complexity index is 1130.